The van der Waals surface area contributed by atoms with Crippen molar-refractivity contribution in [1.29, 1.82) is 0 Å². The lowest BCUT2D eigenvalue weighted by Crippen LogP contribution is -2.70. The van der Waals surface area contributed by atoms with Gasteiger partial charge in [-0.1, -0.05) is 47.5 Å². The van der Waals surface area contributed by atoms with Gasteiger partial charge in [-0.05, 0) is 93.2 Å². The molecule has 33 heavy (non-hydrogen) atoms. The molecule has 0 aromatic heterocycles. The zero-order chi connectivity index (χ0) is 24.2. The average molecular weight is 497 g/mol. The van der Waals surface area contributed by atoms with E-state index in [0.29, 0.717) is 23.9 Å². The fourth-order valence-electron chi connectivity index (χ4n) is 8.79. The van der Waals surface area contributed by atoms with Crippen LogP contribution in [0.25, 0.3) is 0 Å². The van der Waals surface area contributed by atoms with Gasteiger partial charge in [-0.3, -0.25) is 0 Å². The molecule has 1 saturated heterocycles. The minimum Gasteiger partial charge on any atom is -0.413 e. The Labute approximate surface area is 209 Å². The van der Waals surface area contributed by atoms with Crippen LogP contribution in [0.3, 0.4) is 0 Å². The second kappa shape index (κ2) is 7.46. The van der Waals surface area contributed by atoms with E-state index < -0.39 is 14.1 Å². The van der Waals surface area contributed by atoms with Crippen LogP contribution in [-0.4, -0.2) is 37.3 Å². The molecule has 0 spiro atoms. The summed E-state index contributed by atoms with van der Waals surface area (Å²) < 4.78 is 20.7. The quantitative estimate of drug-likeness (QED) is 0.287. The van der Waals surface area contributed by atoms with E-state index in [1.165, 1.54) is 44.9 Å². The smallest absolute Gasteiger partial charge is 0.192 e. The molecule has 3 unspecified atom stereocenters. The number of hydrogen-bond donors (Lipinski definition) is 0. The average Bonchev–Trinajstić information content (AvgIpc) is 3.17. The van der Waals surface area contributed by atoms with E-state index in [9.17, 15) is 0 Å². The van der Waals surface area contributed by atoms with Crippen LogP contribution in [0, 0.1) is 28.6 Å². The lowest BCUT2D eigenvalue weighted by molar-refractivity contribution is -0.169. The van der Waals surface area contributed by atoms with E-state index in [1.807, 2.05) is 0 Å². The predicted octanol–water partition coefficient (Wildman–Crippen LogP) is 7.91. The van der Waals surface area contributed by atoms with Crippen LogP contribution in [0.15, 0.2) is 0 Å². The molecule has 3 nitrogen and oxygen atoms in total. The first-order chi connectivity index (χ1) is 15.1. The Balaban J connectivity index is 1.53. The zero-order valence-corrected chi connectivity index (χ0v) is 24.5. The van der Waals surface area contributed by atoms with Gasteiger partial charge < -0.3 is 13.9 Å². The highest BCUT2D eigenvalue weighted by Crippen LogP contribution is 2.72. The van der Waals surface area contributed by atoms with Gasteiger partial charge in [-0.25, -0.2) is 0 Å². The third kappa shape index (κ3) is 3.43. The zero-order valence-electron chi connectivity index (χ0n) is 22.7. The van der Waals surface area contributed by atoms with E-state index in [2.05, 4.69) is 61.6 Å². The van der Waals surface area contributed by atoms with E-state index in [4.69, 9.17) is 25.5 Å². The van der Waals surface area contributed by atoms with Gasteiger partial charge >= 0.3 is 0 Å². The van der Waals surface area contributed by atoms with Crippen molar-refractivity contribution in [2.45, 2.75) is 147 Å². The Morgan fingerprint density at radius 1 is 0.848 bits per heavy atom. The molecule has 5 aliphatic rings. The molecule has 5 rings (SSSR count). The van der Waals surface area contributed by atoms with Crippen LogP contribution in [0.4, 0.5) is 0 Å². The molecule has 9 atom stereocenters. The first-order valence-corrected chi connectivity index (χ1v) is 17.1. The standard InChI is InChI=1S/C28H49ClO3Si/c1-24(2,3)33(8,9)32-20-14-13-18-21-23-22(30-25(4,5)31-23)19-12-10-11-15-27(19,7)28(21,29)17-16-26(18,20)6/h18-23H,10-17H2,1-9H3/t18?,19?,20-,21?,22+,23+,26-,27-,28+/m0/s1. The van der Waals surface area contributed by atoms with Gasteiger partial charge in [-0.2, -0.15) is 0 Å². The maximum atomic E-state index is 7.97. The molecule has 0 bridgehead atoms. The van der Waals surface area contributed by atoms with Crippen LogP contribution in [0.5, 0.6) is 0 Å². The summed E-state index contributed by atoms with van der Waals surface area (Å²) in [6.07, 6.45) is 10.4. The lowest BCUT2D eigenvalue weighted by atomic mass is 9.43. The second-order valence-electron chi connectivity index (χ2n) is 14.8. The molecule has 190 valence electrons. The Kier molecular flexibility index (Phi) is 5.67. The van der Waals surface area contributed by atoms with E-state index in [0.717, 1.165) is 6.42 Å². The monoisotopic (exact) mass is 496 g/mol. The molecule has 0 aromatic carbocycles. The largest absolute Gasteiger partial charge is 0.413 e. The summed E-state index contributed by atoms with van der Waals surface area (Å²) >= 11 is 7.97. The minimum atomic E-state index is -1.84. The normalized spacial score (nSPS) is 51.5. The number of alkyl halides is 1. The first-order valence-electron chi connectivity index (χ1n) is 13.8. The van der Waals surface area contributed by atoms with Crippen LogP contribution in [0.1, 0.15) is 99.8 Å². The van der Waals surface area contributed by atoms with Crippen LogP contribution in [-0.2, 0) is 13.9 Å². The van der Waals surface area contributed by atoms with Crippen LogP contribution < -0.4 is 0 Å². The molecule has 5 fully saturated rings. The maximum Gasteiger partial charge on any atom is 0.192 e. The summed E-state index contributed by atoms with van der Waals surface area (Å²) in [6, 6.07) is 0. The summed E-state index contributed by atoms with van der Waals surface area (Å²) in [5, 5.41) is 0.234. The van der Waals surface area contributed by atoms with Crippen molar-refractivity contribution < 1.29 is 13.9 Å². The molecular weight excluding hydrogens is 448 g/mol. The van der Waals surface area contributed by atoms with Crippen molar-refractivity contribution >= 4 is 19.9 Å². The Hall–Kier alpha value is 0.387. The molecule has 1 aliphatic heterocycles. The third-order valence-electron chi connectivity index (χ3n) is 11.7. The van der Waals surface area contributed by atoms with Gasteiger partial charge in [0, 0.05) is 5.92 Å². The van der Waals surface area contributed by atoms with Crippen molar-refractivity contribution in [2.75, 3.05) is 0 Å². The Morgan fingerprint density at radius 3 is 2.18 bits per heavy atom. The number of ether oxygens (including phenoxy) is 2. The summed E-state index contributed by atoms with van der Waals surface area (Å²) in [4.78, 5) is -0.195. The SMILES string of the molecule is CC1(C)O[C@@H]2C3CCCC[C@]3(C)[C@@]3(Cl)CC[C@@]4(C)C(CC[C@@H]4O[Si](C)(C)C(C)(C)C)C3[C@H]2O1. The molecule has 0 radical (unpaired) electrons. The third-order valence-corrected chi connectivity index (χ3v) is 17.1. The number of hydrogen-bond acceptors (Lipinski definition) is 3. The van der Waals surface area contributed by atoms with Crippen molar-refractivity contribution in [3.8, 4) is 0 Å². The Morgan fingerprint density at radius 2 is 1.52 bits per heavy atom. The van der Waals surface area contributed by atoms with Crippen molar-refractivity contribution in [3.63, 3.8) is 0 Å². The van der Waals surface area contributed by atoms with Crippen molar-refractivity contribution in [3.05, 3.63) is 0 Å². The summed E-state index contributed by atoms with van der Waals surface area (Å²) in [5.41, 5.74) is 0.305. The molecular formula is C28H49ClO3Si. The fraction of sp³-hybridized carbons (Fsp3) is 1.00. The Bertz CT molecular complexity index is 793. The first kappa shape index (κ1) is 25.1. The molecule has 0 N–H and O–H groups in total. The topological polar surface area (TPSA) is 27.7 Å². The minimum absolute atomic E-state index is 0.116. The van der Waals surface area contributed by atoms with Gasteiger partial charge in [0.05, 0.1) is 23.2 Å². The number of fused-ring (bicyclic) bond motifs is 8. The molecule has 5 heteroatoms. The van der Waals surface area contributed by atoms with Gasteiger partial charge in [0.15, 0.2) is 14.1 Å². The molecule has 4 saturated carbocycles. The van der Waals surface area contributed by atoms with Crippen molar-refractivity contribution in [2.24, 2.45) is 28.6 Å². The van der Waals surface area contributed by atoms with Crippen molar-refractivity contribution in [1.82, 2.24) is 0 Å². The van der Waals surface area contributed by atoms with Crippen LogP contribution >= 0.6 is 11.6 Å². The summed E-state index contributed by atoms with van der Waals surface area (Å²) in [6.45, 7) is 21.2. The van der Waals surface area contributed by atoms with E-state index in [-0.39, 0.29) is 33.0 Å². The second-order valence-corrected chi connectivity index (χ2v) is 20.2. The van der Waals surface area contributed by atoms with E-state index >= 15 is 0 Å². The summed E-state index contributed by atoms with van der Waals surface area (Å²) in [5.74, 6) is 0.886. The lowest BCUT2D eigenvalue weighted by Gasteiger charge is -2.67. The molecule has 1 heterocycles. The summed E-state index contributed by atoms with van der Waals surface area (Å²) in [7, 11) is -1.84. The highest BCUT2D eigenvalue weighted by molar-refractivity contribution is 6.74. The molecule has 4 aliphatic carbocycles. The number of rotatable bonds is 2. The van der Waals surface area contributed by atoms with E-state index in [1.54, 1.807) is 0 Å². The fourth-order valence-corrected chi connectivity index (χ4v) is 10.9. The van der Waals surface area contributed by atoms with Crippen LogP contribution in [0.2, 0.25) is 18.1 Å². The maximum absolute atomic E-state index is 7.97. The van der Waals surface area contributed by atoms with Gasteiger partial charge in [0.2, 0.25) is 0 Å². The van der Waals surface area contributed by atoms with Gasteiger partial charge in [0.25, 0.3) is 0 Å². The highest BCUT2D eigenvalue weighted by atomic mass is 35.5. The van der Waals surface area contributed by atoms with Gasteiger partial charge in [0.1, 0.15) is 0 Å². The predicted molar refractivity (Wildman–Crippen MR) is 138 cm³/mol. The highest BCUT2D eigenvalue weighted by Gasteiger charge is 2.73. The molecule has 0 aromatic rings. The van der Waals surface area contributed by atoms with Gasteiger partial charge in [-0.15, -0.1) is 11.6 Å². The number of halogens is 1. The molecule has 0 amide bonds.